The van der Waals surface area contributed by atoms with Crippen molar-refractivity contribution in [1.29, 1.82) is 0 Å². The molecule has 3 rings (SSSR count). The topological polar surface area (TPSA) is 83.6 Å². The van der Waals surface area contributed by atoms with Crippen molar-refractivity contribution in [2.45, 2.75) is 37.1 Å². The van der Waals surface area contributed by atoms with Crippen molar-refractivity contribution in [2.24, 2.45) is 0 Å². The van der Waals surface area contributed by atoms with E-state index in [1.165, 1.54) is 11.0 Å². The van der Waals surface area contributed by atoms with Gasteiger partial charge in [0.2, 0.25) is 5.91 Å². The third-order valence-corrected chi connectivity index (χ3v) is 6.98. The molecule has 0 aliphatic carbocycles. The summed E-state index contributed by atoms with van der Waals surface area (Å²) in [5.41, 5.74) is -0.0155. The van der Waals surface area contributed by atoms with Crippen LogP contribution in [0.5, 0.6) is 0 Å². The zero-order valence-electron chi connectivity index (χ0n) is 15.6. The highest BCUT2D eigenvalue weighted by atomic mass is 35.5. The second-order valence-electron chi connectivity index (χ2n) is 7.04. The number of benzene rings is 2. The molecule has 0 aromatic heterocycles. The SMILES string of the molecule is Cc1ccccc1S(=O)(=O)NC(=O)C1(C)CCN1C(=O)Cc1ccccc1Cl. The number of carbonyl (C=O) groups is 2. The number of sulfonamides is 1. The maximum absolute atomic E-state index is 12.8. The summed E-state index contributed by atoms with van der Waals surface area (Å²) in [5, 5.41) is 0.477. The molecule has 1 unspecified atom stereocenters. The smallest absolute Gasteiger partial charge is 0.264 e. The first-order chi connectivity index (χ1) is 13.1. The quantitative estimate of drug-likeness (QED) is 0.806. The van der Waals surface area contributed by atoms with Gasteiger partial charge < -0.3 is 4.90 Å². The van der Waals surface area contributed by atoms with Gasteiger partial charge in [0.15, 0.2) is 0 Å². The normalized spacial score (nSPS) is 19.0. The molecule has 2 aromatic carbocycles. The summed E-state index contributed by atoms with van der Waals surface area (Å²) < 4.78 is 27.3. The van der Waals surface area contributed by atoms with E-state index in [0.29, 0.717) is 29.1 Å². The standard InChI is InChI=1S/C20H21ClN2O4S/c1-14-7-3-6-10-17(14)28(26,27)22-19(25)20(2)11-12-23(20)18(24)13-15-8-4-5-9-16(15)21/h3-10H,11-13H2,1-2H3,(H,22,25). The Hall–Kier alpha value is -2.38. The van der Waals surface area contributed by atoms with Gasteiger partial charge in [0, 0.05) is 11.6 Å². The number of halogens is 1. The highest BCUT2D eigenvalue weighted by Gasteiger charge is 2.50. The molecule has 0 spiro atoms. The predicted molar refractivity (Wildman–Crippen MR) is 106 cm³/mol. The van der Waals surface area contributed by atoms with Gasteiger partial charge in [-0.3, -0.25) is 9.59 Å². The lowest BCUT2D eigenvalue weighted by molar-refractivity contribution is -0.156. The minimum atomic E-state index is -4.02. The van der Waals surface area contributed by atoms with E-state index in [-0.39, 0.29) is 17.2 Å². The average Bonchev–Trinajstić information content (AvgIpc) is 2.61. The third-order valence-electron chi connectivity index (χ3n) is 5.12. The fourth-order valence-corrected chi connectivity index (χ4v) is 4.77. The average molecular weight is 421 g/mol. The molecule has 1 aliphatic rings. The van der Waals surface area contributed by atoms with Crippen LogP contribution in [0.4, 0.5) is 0 Å². The molecule has 1 N–H and O–H groups in total. The van der Waals surface area contributed by atoms with E-state index in [2.05, 4.69) is 4.72 Å². The fraction of sp³-hybridized carbons (Fsp3) is 0.300. The van der Waals surface area contributed by atoms with Crippen molar-refractivity contribution in [3.8, 4) is 0 Å². The van der Waals surface area contributed by atoms with E-state index >= 15 is 0 Å². The molecule has 148 valence electrons. The Morgan fingerprint density at radius 1 is 1.14 bits per heavy atom. The number of nitrogens with zero attached hydrogens (tertiary/aromatic N) is 1. The Labute approximate surface area is 169 Å². The number of likely N-dealkylation sites (tertiary alicyclic amines) is 1. The monoisotopic (exact) mass is 420 g/mol. The molecular weight excluding hydrogens is 400 g/mol. The number of carbonyl (C=O) groups excluding carboxylic acids is 2. The van der Waals surface area contributed by atoms with Gasteiger partial charge in [0.25, 0.3) is 15.9 Å². The van der Waals surface area contributed by atoms with Crippen molar-refractivity contribution < 1.29 is 18.0 Å². The number of nitrogens with one attached hydrogen (secondary N) is 1. The number of aryl methyl sites for hydroxylation is 1. The number of hydrogen-bond acceptors (Lipinski definition) is 4. The molecule has 6 nitrogen and oxygen atoms in total. The summed E-state index contributed by atoms with van der Waals surface area (Å²) in [6, 6.07) is 13.4. The van der Waals surface area contributed by atoms with E-state index in [9.17, 15) is 18.0 Å². The minimum absolute atomic E-state index is 0.0419. The van der Waals surface area contributed by atoms with Crippen LogP contribution >= 0.6 is 11.6 Å². The zero-order chi connectivity index (χ0) is 20.5. The second kappa shape index (κ2) is 7.56. The maximum atomic E-state index is 12.8. The van der Waals surface area contributed by atoms with Crippen molar-refractivity contribution >= 4 is 33.4 Å². The van der Waals surface area contributed by atoms with Gasteiger partial charge in [-0.25, -0.2) is 13.1 Å². The highest BCUT2D eigenvalue weighted by molar-refractivity contribution is 7.90. The molecule has 8 heteroatoms. The molecule has 1 heterocycles. The molecule has 1 fully saturated rings. The van der Waals surface area contributed by atoms with Crippen LogP contribution in [-0.2, 0) is 26.0 Å². The Bertz CT molecular complexity index is 1040. The van der Waals surface area contributed by atoms with E-state index in [4.69, 9.17) is 11.6 Å². The van der Waals surface area contributed by atoms with Gasteiger partial charge in [-0.15, -0.1) is 0 Å². The van der Waals surface area contributed by atoms with E-state index in [1.54, 1.807) is 56.3 Å². The van der Waals surface area contributed by atoms with Crippen molar-refractivity contribution in [3.05, 3.63) is 64.7 Å². The number of amides is 2. The summed E-state index contributed by atoms with van der Waals surface area (Å²) >= 11 is 6.11. The summed E-state index contributed by atoms with van der Waals surface area (Å²) in [4.78, 5) is 26.9. The van der Waals surface area contributed by atoms with E-state index in [0.717, 1.165) is 0 Å². The summed E-state index contributed by atoms with van der Waals surface area (Å²) in [5.74, 6) is -0.986. The van der Waals surface area contributed by atoms with Gasteiger partial charge in [0.05, 0.1) is 11.3 Å². The van der Waals surface area contributed by atoms with Gasteiger partial charge >= 0.3 is 0 Å². The second-order valence-corrected chi connectivity index (χ2v) is 9.10. The van der Waals surface area contributed by atoms with Gasteiger partial charge in [-0.1, -0.05) is 48.0 Å². The maximum Gasteiger partial charge on any atom is 0.264 e. The van der Waals surface area contributed by atoms with Crippen LogP contribution < -0.4 is 4.72 Å². The molecule has 1 saturated heterocycles. The van der Waals surface area contributed by atoms with Crippen LogP contribution in [0.15, 0.2) is 53.4 Å². The Kier molecular flexibility index (Phi) is 5.50. The van der Waals surface area contributed by atoms with Gasteiger partial charge in [-0.2, -0.15) is 0 Å². The molecule has 0 bridgehead atoms. The van der Waals surface area contributed by atoms with Crippen LogP contribution in [0.3, 0.4) is 0 Å². The molecule has 2 aromatic rings. The number of hydrogen-bond donors (Lipinski definition) is 1. The summed E-state index contributed by atoms with van der Waals surface area (Å²) in [6.07, 6.45) is 0.434. The molecule has 1 aliphatic heterocycles. The van der Waals surface area contributed by atoms with Crippen molar-refractivity contribution in [1.82, 2.24) is 9.62 Å². The lowest BCUT2D eigenvalue weighted by Gasteiger charge is -2.49. The Balaban J connectivity index is 1.75. The predicted octanol–water partition coefficient (Wildman–Crippen LogP) is 2.69. The molecule has 2 amide bonds. The first kappa shape index (κ1) is 20.4. The fourth-order valence-electron chi connectivity index (χ4n) is 3.24. The number of rotatable bonds is 5. The van der Waals surface area contributed by atoms with Crippen molar-refractivity contribution in [3.63, 3.8) is 0 Å². The van der Waals surface area contributed by atoms with Gasteiger partial charge in [0.1, 0.15) is 5.54 Å². The van der Waals surface area contributed by atoms with E-state index < -0.39 is 21.5 Å². The van der Waals surface area contributed by atoms with Crippen LogP contribution in [0.1, 0.15) is 24.5 Å². The van der Waals surface area contributed by atoms with E-state index in [1.807, 2.05) is 0 Å². The lowest BCUT2D eigenvalue weighted by atomic mass is 9.85. The first-order valence-corrected chi connectivity index (χ1v) is 10.7. The van der Waals surface area contributed by atoms with Crippen LogP contribution in [0.25, 0.3) is 0 Å². The summed E-state index contributed by atoms with van der Waals surface area (Å²) in [6.45, 7) is 3.62. The largest absolute Gasteiger partial charge is 0.328 e. The van der Waals surface area contributed by atoms with Crippen molar-refractivity contribution in [2.75, 3.05) is 6.54 Å². The summed E-state index contributed by atoms with van der Waals surface area (Å²) in [7, 11) is -4.02. The van der Waals surface area contributed by atoms with Gasteiger partial charge in [-0.05, 0) is 43.5 Å². The lowest BCUT2D eigenvalue weighted by Crippen LogP contribution is -2.68. The minimum Gasteiger partial charge on any atom is -0.328 e. The molecule has 0 saturated carbocycles. The highest BCUT2D eigenvalue weighted by Crippen LogP contribution is 2.32. The Morgan fingerprint density at radius 3 is 2.39 bits per heavy atom. The van der Waals surface area contributed by atoms with Crippen LogP contribution in [0.2, 0.25) is 5.02 Å². The van der Waals surface area contributed by atoms with Crippen LogP contribution in [-0.4, -0.2) is 37.2 Å². The first-order valence-electron chi connectivity index (χ1n) is 8.82. The molecular formula is C20H21ClN2O4S. The molecule has 1 atom stereocenters. The molecule has 28 heavy (non-hydrogen) atoms. The zero-order valence-corrected chi connectivity index (χ0v) is 17.2. The Morgan fingerprint density at radius 2 is 1.79 bits per heavy atom. The van der Waals surface area contributed by atoms with Crippen LogP contribution in [0, 0.1) is 6.92 Å². The third kappa shape index (κ3) is 3.77. The molecule has 0 radical (unpaired) electrons.